The molecule has 2 amide bonds. The van der Waals surface area contributed by atoms with E-state index in [1.54, 1.807) is 11.0 Å². The number of piperidine rings is 1. The Labute approximate surface area is 139 Å². The average Bonchev–Trinajstić information content (AvgIpc) is 2.54. The van der Waals surface area contributed by atoms with Crippen LogP contribution in [-0.2, 0) is 16.1 Å². The summed E-state index contributed by atoms with van der Waals surface area (Å²) in [6.45, 7) is 3.20. The third kappa shape index (κ3) is 4.34. The molecule has 0 spiro atoms. The number of likely N-dealkylation sites (tertiary alicyclic amines) is 1. The van der Waals surface area contributed by atoms with E-state index in [1.807, 2.05) is 6.92 Å². The van der Waals surface area contributed by atoms with E-state index in [9.17, 15) is 14.0 Å². The molecule has 2 atom stereocenters. The van der Waals surface area contributed by atoms with Crippen LogP contribution in [0.5, 0.6) is 0 Å². The van der Waals surface area contributed by atoms with E-state index in [0.717, 1.165) is 5.56 Å². The van der Waals surface area contributed by atoms with Crippen molar-refractivity contribution in [3.8, 4) is 0 Å². The lowest BCUT2D eigenvalue weighted by Crippen LogP contribution is -2.48. The largest absolute Gasteiger partial charge is 0.469 e. The second-order valence-corrected chi connectivity index (χ2v) is 6.16. The Morgan fingerprint density at radius 3 is 2.83 bits per heavy atom. The third-order valence-electron chi connectivity index (χ3n) is 4.12. The monoisotopic (exact) mass is 342 g/mol. The summed E-state index contributed by atoms with van der Waals surface area (Å²) in [6.07, 6.45) is 0.587. The van der Waals surface area contributed by atoms with Crippen molar-refractivity contribution >= 4 is 23.6 Å². The molecule has 0 unspecified atom stereocenters. The van der Waals surface area contributed by atoms with Crippen LogP contribution in [0.1, 0.15) is 18.9 Å². The van der Waals surface area contributed by atoms with E-state index >= 15 is 0 Å². The van der Waals surface area contributed by atoms with Crippen LogP contribution in [0.15, 0.2) is 18.2 Å². The molecule has 23 heavy (non-hydrogen) atoms. The molecule has 0 aromatic heterocycles. The van der Waals surface area contributed by atoms with Gasteiger partial charge in [0.1, 0.15) is 5.82 Å². The summed E-state index contributed by atoms with van der Waals surface area (Å²) in [4.78, 5) is 25.5. The Morgan fingerprint density at radius 1 is 1.48 bits per heavy atom. The standard InChI is InChI=1S/C16H20ClFN2O3/c1-10-9-20(6-5-12(10)15(21)23-2)16(22)19-8-11-3-4-14(18)13(17)7-11/h3-4,7,10,12H,5-6,8-9H2,1-2H3,(H,19,22)/t10-,12-/m1/s1. The maximum Gasteiger partial charge on any atom is 0.317 e. The Kier molecular flexibility index (Phi) is 5.82. The molecule has 1 aromatic carbocycles. The lowest BCUT2D eigenvalue weighted by atomic mass is 9.87. The SMILES string of the molecule is COC(=O)[C@@H]1CCN(C(=O)NCc2ccc(F)c(Cl)c2)C[C@H]1C. The summed E-state index contributed by atoms with van der Waals surface area (Å²) < 4.78 is 17.9. The molecule has 1 aromatic rings. The van der Waals surface area contributed by atoms with Crippen LogP contribution in [0.2, 0.25) is 5.02 Å². The summed E-state index contributed by atoms with van der Waals surface area (Å²) in [5.74, 6) is -0.832. The molecular formula is C16H20ClFN2O3. The van der Waals surface area contributed by atoms with E-state index < -0.39 is 5.82 Å². The van der Waals surface area contributed by atoms with Crippen molar-refractivity contribution in [2.45, 2.75) is 19.9 Å². The van der Waals surface area contributed by atoms with Gasteiger partial charge in [-0.05, 0) is 30.0 Å². The van der Waals surface area contributed by atoms with E-state index in [-0.39, 0.29) is 35.4 Å². The molecular weight excluding hydrogens is 323 g/mol. The van der Waals surface area contributed by atoms with Gasteiger partial charge in [0.15, 0.2) is 0 Å². The van der Waals surface area contributed by atoms with E-state index in [1.165, 1.54) is 19.2 Å². The minimum atomic E-state index is -0.486. The molecule has 0 saturated carbocycles. The van der Waals surface area contributed by atoms with Crippen LogP contribution in [0.25, 0.3) is 0 Å². The van der Waals surface area contributed by atoms with Crippen LogP contribution in [0.3, 0.4) is 0 Å². The number of esters is 1. The number of halogens is 2. The first kappa shape index (κ1) is 17.5. The number of nitrogens with zero attached hydrogens (tertiary/aromatic N) is 1. The van der Waals surface area contributed by atoms with Crippen LogP contribution < -0.4 is 5.32 Å². The molecule has 1 heterocycles. The zero-order valence-corrected chi connectivity index (χ0v) is 13.9. The van der Waals surface area contributed by atoms with Gasteiger partial charge in [-0.1, -0.05) is 24.6 Å². The van der Waals surface area contributed by atoms with Gasteiger partial charge in [0.05, 0.1) is 18.1 Å². The Bertz CT molecular complexity index is 597. The average molecular weight is 343 g/mol. The zero-order valence-electron chi connectivity index (χ0n) is 13.1. The van der Waals surface area contributed by atoms with Crippen molar-refractivity contribution in [1.82, 2.24) is 10.2 Å². The van der Waals surface area contributed by atoms with Crippen LogP contribution >= 0.6 is 11.6 Å². The zero-order chi connectivity index (χ0) is 17.0. The Balaban J connectivity index is 1.87. The van der Waals surface area contributed by atoms with Crippen molar-refractivity contribution < 1.29 is 18.7 Å². The van der Waals surface area contributed by atoms with Crippen molar-refractivity contribution in [3.05, 3.63) is 34.6 Å². The maximum absolute atomic E-state index is 13.1. The first-order valence-corrected chi connectivity index (χ1v) is 7.84. The lowest BCUT2D eigenvalue weighted by Gasteiger charge is -2.35. The predicted octanol–water partition coefficient (Wildman–Crippen LogP) is 2.82. The fourth-order valence-electron chi connectivity index (χ4n) is 2.77. The number of hydrogen-bond acceptors (Lipinski definition) is 3. The van der Waals surface area contributed by atoms with Gasteiger partial charge in [0.25, 0.3) is 0 Å². The normalized spacial score (nSPS) is 21.0. The molecule has 126 valence electrons. The highest BCUT2D eigenvalue weighted by molar-refractivity contribution is 6.30. The van der Waals surface area contributed by atoms with Crippen LogP contribution in [-0.4, -0.2) is 37.1 Å². The van der Waals surface area contributed by atoms with Gasteiger partial charge in [-0.15, -0.1) is 0 Å². The van der Waals surface area contributed by atoms with E-state index in [4.69, 9.17) is 16.3 Å². The molecule has 1 aliphatic heterocycles. The molecule has 7 heteroatoms. The lowest BCUT2D eigenvalue weighted by molar-refractivity contribution is -0.148. The summed E-state index contributed by atoms with van der Waals surface area (Å²) in [6, 6.07) is 4.13. The molecule has 0 bridgehead atoms. The van der Waals surface area contributed by atoms with Crippen molar-refractivity contribution in [2.75, 3.05) is 20.2 Å². The number of urea groups is 1. The van der Waals surface area contributed by atoms with Gasteiger partial charge in [-0.3, -0.25) is 4.79 Å². The number of methoxy groups -OCH3 is 1. The summed E-state index contributed by atoms with van der Waals surface area (Å²) in [5, 5.41) is 2.82. The Morgan fingerprint density at radius 2 is 2.22 bits per heavy atom. The first-order chi connectivity index (χ1) is 10.9. The number of hydrogen-bond donors (Lipinski definition) is 1. The number of ether oxygens (including phenoxy) is 1. The molecule has 2 rings (SSSR count). The minimum Gasteiger partial charge on any atom is -0.469 e. The fourth-order valence-corrected chi connectivity index (χ4v) is 2.97. The molecule has 5 nitrogen and oxygen atoms in total. The summed E-state index contributed by atoms with van der Waals surface area (Å²) in [7, 11) is 1.38. The second kappa shape index (κ2) is 7.64. The highest BCUT2D eigenvalue weighted by Crippen LogP contribution is 2.24. The smallest absolute Gasteiger partial charge is 0.317 e. The molecule has 1 fully saturated rings. The topological polar surface area (TPSA) is 58.6 Å². The third-order valence-corrected chi connectivity index (χ3v) is 4.41. The summed E-state index contributed by atoms with van der Waals surface area (Å²) in [5.41, 5.74) is 0.724. The molecule has 0 aliphatic carbocycles. The number of carbonyl (C=O) groups excluding carboxylic acids is 2. The highest BCUT2D eigenvalue weighted by atomic mass is 35.5. The number of nitrogens with one attached hydrogen (secondary N) is 1. The first-order valence-electron chi connectivity index (χ1n) is 7.47. The van der Waals surface area contributed by atoms with Gasteiger partial charge in [-0.25, -0.2) is 9.18 Å². The van der Waals surface area contributed by atoms with Gasteiger partial charge in [-0.2, -0.15) is 0 Å². The van der Waals surface area contributed by atoms with Crippen molar-refractivity contribution in [3.63, 3.8) is 0 Å². The predicted molar refractivity (Wildman–Crippen MR) is 84.5 cm³/mol. The Hall–Kier alpha value is -1.82. The quantitative estimate of drug-likeness (QED) is 0.859. The second-order valence-electron chi connectivity index (χ2n) is 5.75. The molecule has 0 radical (unpaired) electrons. The fraction of sp³-hybridized carbons (Fsp3) is 0.500. The molecule has 1 aliphatic rings. The minimum absolute atomic E-state index is 0.0317. The number of benzene rings is 1. The maximum atomic E-state index is 13.1. The van der Waals surface area contributed by atoms with Crippen LogP contribution in [0.4, 0.5) is 9.18 Å². The van der Waals surface area contributed by atoms with Gasteiger partial charge in [0.2, 0.25) is 0 Å². The van der Waals surface area contributed by atoms with Gasteiger partial charge >= 0.3 is 12.0 Å². The van der Waals surface area contributed by atoms with E-state index in [0.29, 0.717) is 19.5 Å². The van der Waals surface area contributed by atoms with Crippen molar-refractivity contribution in [2.24, 2.45) is 11.8 Å². The number of amides is 2. The molecule has 1 N–H and O–H groups in total. The van der Waals surface area contributed by atoms with Crippen LogP contribution in [0, 0.1) is 17.7 Å². The van der Waals surface area contributed by atoms with Gasteiger partial charge < -0.3 is 15.0 Å². The van der Waals surface area contributed by atoms with E-state index in [2.05, 4.69) is 5.32 Å². The van der Waals surface area contributed by atoms with Gasteiger partial charge in [0, 0.05) is 19.6 Å². The highest BCUT2D eigenvalue weighted by Gasteiger charge is 2.33. The summed E-state index contributed by atoms with van der Waals surface area (Å²) >= 11 is 5.71. The molecule has 1 saturated heterocycles. The number of rotatable bonds is 3. The van der Waals surface area contributed by atoms with Crippen molar-refractivity contribution in [1.29, 1.82) is 0 Å². The number of carbonyl (C=O) groups is 2.